The molecule has 0 radical (unpaired) electrons. The molecule has 0 aliphatic heterocycles. The van der Waals surface area contributed by atoms with Gasteiger partial charge in [-0.05, 0) is 0 Å². The fourth-order valence-electron chi connectivity index (χ4n) is 0.757. The van der Waals surface area contributed by atoms with E-state index in [1.165, 1.54) is 0 Å². The minimum atomic E-state index is -2.46. The first-order chi connectivity index (χ1) is 5.46. The van der Waals surface area contributed by atoms with E-state index in [2.05, 4.69) is 0 Å². The molecule has 2 atom stereocenters. The first-order valence-corrected chi connectivity index (χ1v) is 2.95. The van der Waals surface area contributed by atoms with Crippen LogP contribution in [0.25, 0.3) is 0 Å². The van der Waals surface area contributed by atoms with Crippen LogP contribution in [0.1, 0.15) is 0 Å². The maximum atomic E-state index is 10.5. The summed E-state index contributed by atoms with van der Waals surface area (Å²) < 4.78 is 0. The smallest absolute Gasteiger partial charge is 0.847 e. The second-order valence-electron chi connectivity index (χ2n) is 2.23. The number of hydrogen-bond acceptors (Lipinski definition) is 6. The van der Waals surface area contributed by atoms with Crippen LogP contribution in [0.5, 0.6) is 0 Å². The number of carbonyl (C=O) groups excluding carboxylic acids is 4. The van der Waals surface area contributed by atoms with Crippen molar-refractivity contribution in [2.75, 3.05) is 0 Å². The molecule has 0 aromatic rings. The Morgan fingerprint density at radius 3 is 1.23 bits per heavy atom. The third-order valence-electron chi connectivity index (χ3n) is 1.45. The standard InChI is InChI=1S/C6H2O6.Ba/c7-1-2(8)4(10)6(12)5(11)3(1)9;/h1-2H;/q-2;+2. The van der Waals surface area contributed by atoms with Crippen molar-refractivity contribution in [1.29, 1.82) is 0 Å². The average Bonchev–Trinajstić information content (AvgIpc) is 2.08. The number of hydrogen-bond donors (Lipinski definition) is 0. The molecule has 6 nitrogen and oxygen atoms in total. The quantitative estimate of drug-likeness (QED) is 0.328. The van der Waals surface area contributed by atoms with Crippen LogP contribution in [0.3, 0.4) is 0 Å². The SMILES string of the molecule is O=C1C(=O)C(=O)C([O-])C([O-])C1=O.[Ba+2]. The van der Waals surface area contributed by atoms with Crippen molar-refractivity contribution >= 4 is 72.0 Å². The van der Waals surface area contributed by atoms with E-state index in [0.29, 0.717) is 0 Å². The van der Waals surface area contributed by atoms with Gasteiger partial charge < -0.3 is 10.2 Å². The Bertz CT molecular complexity index is 265. The number of Topliss-reactive ketones (excluding diaryl/α,β-unsaturated/α-hetero) is 4. The van der Waals surface area contributed by atoms with Gasteiger partial charge in [0.1, 0.15) is 0 Å². The molecule has 7 heteroatoms. The molecular formula is C6H2BaO6. The Labute approximate surface area is 112 Å². The molecule has 0 heterocycles. The van der Waals surface area contributed by atoms with Gasteiger partial charge >= 0.3 is 48.9 Å². The van der Waals surface area contributed by atoms with Crippen LogP contribution in [0.4, 0.5) is 0 Å². The summed E-state index contributed by atoms with van der Waals surface area (Å²) in [6.07, 6.45) is -4.91. The van der Waals surface area contributed by atoms with Gasteiger partial charge in [0.05, 0.1) is 0 Å². The van der Waals surface area contributed by atoms with Crippen LogP contribution >= 0.6 is 0 Å². The van der Waals surface area contributed by atoms with Crippen molar-refractivity contribution in [2.24, 2.45) is 0 Å². The zero-order chi connectivity index (χ0) is 9.46. The van der Waals surface area contributed by atoms with Crippen molar-refractivity contribution in [3.8, 4) is 0 Å². The van der Waals surface area contributed by atoms with Gasteiger partial charge in [-0.1, -0.05) is 12.2 Å². The Balaban J connectivity index is 0.00000144. The molecule has 1 fully saturated rings. The Morgan fingerprint density at radius 1 is 0.769 bits per heavy atom. The Hall–Kier alpha value is 0.171. The van der Waals surface area contributed by atoms with Crippen LogP contribution in [-0.2, 0) is 19.2 Å². The van der Waals surface area contributed by atoms with Crippen molar-refractivity contribution in [3.63, 3.8) is 0 Å². The molecule has 0 saturated heterocycles. The normalized spacial score (nSPS) is 28.8. The van der Waals surface area contributed by atoms with Gasteiger partial charge in [-0.15, -0.1) is 0 Å². The summed E-state index contributed by atoms with van der Waals surface area (Å²) in [5.41, 5.74) is 0. The van der Waals surface area contributed by atoms with Gasteiger partial charge in [0.15, 0.2) is 11.6 Å². The molecule has 1 saturated carbocycles. The summed E-state index contributed by atoms with van der Waals surface area (Å²) in [5.74, 6) is -6.57. The van der Waals surface area contributed by atoms with E-state index >= 15 is 0 Å². The molecule has 1 aliphatic carbocycles. The third-order valence-corrected chi connectivity index (χ3v) is 1.45. The second kappa shape index (κ2) is 4.60. The Kier molecular flexibility index (Phi) is 4.66. The van der Waals surface area contributed by atoms with Crippen LogP contribution in [-0.4, -0.2) is 84.2 Å². The van der Waals surface area contributed by atoms with E-state index in [-0.39, 0.29) is 48.9 Å². The zero-order valence-electron chi connectivity index (χ0n) is 6.31. The van der Waals surface area contributed by atoms with E-state index in [0.717, 1.165) is 0 Å². The van der Waals surface area contributed by atoms with Crippen molar-refractivity contribution < 1.29 is 29.4 Å². The maximum Gasteiger partial charge on any atom is 2.00 e. The predicted molar refractivity (Wildman–Crippen MR) is 33.4 cm³/mol. The third kappa shape index (κ3) is 2.16. The minimum Gasteiger partial charge on any atom is -0.847 e. The molecule has 64 valence electrons. The molecule has 13 heavy (non-hydrogen) atoms. The van der Waals surface area contributed by atoms with E-state index in [1.807, 2.05) is 0 Å². The molecule has 0 N–H and O–H groups in total. The van der Waals surface area contributed by atoms with Crippen molar-refractivity contribution in [3.05, 3.63) is 0 Å². The molecule has 0 aromatic carbocycles. The van der Waals surface area contributed by atoms with Gasteiger partial charge in [-0.25, -0.2) is 0 Å². The van der Waals surface area contributed by atoms with Crippen LogP contribution in [0, 0.1) is 0 Å². The summed E-state index contributed by atoms with van der Waals surface area (Å²) in [6, 6.07) is 0. The molecule has 0 amide bonds. The summed E-state index contributed by atoms with van der Waals surface area (Å²) in [6.45, 7) is 0. The van der Waals surface area contributed by atoms with Crippen LogP contribution < -0.4 is 10.2 Å². The van der Waals surface area contributed by atoms with E-state index in [4.69, 9.17) is 0 Å². The van der Waals surface area contributed by atoms with Gasteiger partial charge in [0, 0.05) is 0 Å². The van der Waals surface area contributed by atoms with Crippen LogP contribution in [0.2, 0.25) is 0 Å². The first kappa shape index (κ1) is 13.2. The summed E-state index contributed by atoms with van der Waals surface area (Å²) >= 11 is 0. The second-order valence-corrected chi connectivity index (χ2v) is 2.23. The average molecular weight is 307 g/mol. The molecular weight excluding hydrogens is 305 g/mol. The van der Waals surface area contributed by atoms with Gasteiger partial charge in [0.2, 0.25) is 0 Å². The summed E-state index contributed by atoms with van der Waals surface area (Å²) in [5, 5.41) is 21.0. The number of ketones is 4. The van der Waals surface area contributed by atoms with Gasteiger partial charge in [-0.2, -0.15) is 0 Å². The molecule has 0 spiro atoms. The molecule has 0 aromatic heterocycles. The Morgan fingerprint density at radius 2 is 1.00 bits per heavy atom. The minimum absolute atomic E-state index is 0. The molecule has 0 bridgehead atoms. The molecule has 2 unspecified atom stereocenters. The van der Waals surface area contributed by atoms with E-state index in [9.17, 15) is 29.4 Å². The number of carbonyl (C=O) groups is 4. The van der Waals surface area contributed by atoms with Crippen molar-refractivity contribution in [1.82, 2.24) is 0 Å². The molecule has 1 rings (SSSR count). The maximum absolute atomic E-state index is 10.5. The van der Waals surface area contributed by atoms with Gasteiger partial charge in [0.25, 0.3) is 11.6 Å². The first-order valence-electron chi connectivity index (χ1n) is 2.95. The topological polar surface area (TPSA) is 114 Å². The van der Waals surface area contributed by atoms with E-state index in [1.54, 1.807) is 0 Å². The fraction of sp³-hybridized carbons (Fsp3) is 0.333. The van der Waals surface area contributed by atoms with Crippen LogP contribution in [0.15, 0.2) is 0 Å². The summed E-state index contributed by atoms with van der Waals surface area (Å²) in [7, 11) is 0. The fourth-order valence-corrected chi connectivity index (χ4v) is 0.757. The van der Waals surface area contributed by atoms with Gasteiger partial charge in [-0.3, -0.25) is 19.2 Å². The largest absolute Gasteiger partial charge is 2.00 e. The number of rotatable bonds is 0. The monoisotopic (exact) mass is 308 g/mol. The van der Waals surface area contributed by atoms with Crippen molar-refractivity contribution in [2.45, 2.75) is 12.2 Å². The summed E-state index contributed by atoms with van der Waals surface area (Å²) in [4.78, 5) is 41.8. The van der Waals surface area contributed by atoms with E-state index < -0.39 is 35.3 Å². The molecule has 1 aliphatic rings. The predicted octanol–water partition coefficient (Wildman–Crippen LogP) is -4.65. The zero-order valence-corrected chi connectivity index (χ0v) is 10.8.